The third-order valence-corrected chi connectivity index (χ3v) is 2.52. The number of hydrogen-bond acceptors (Lipinski definition) is 1. The van der Waals surface area contributed by atoms with E-state index >= 15 is 0 Å². The van der Waals surface area contributed by atoms with Crippen molar-refractivity contribution in [3.8, 4) is 17.2 Å². The summed E-state index contributed by atoms with van der Waals surface area (Å²) in [5.41, 5.74) is 0.592. The van der Waals surface area contributed by atoms with E-state index in [1.807, 2.05) is 0 Å². The highest BCUT2D eigenvalue weighted by Crippen LogP contribution is 2.28. The highest BCUT2D eigenvalue weighted by Gasteiger charge is 2.11. The summed E-state index contributed by atoms with van der Waals surface area (Å²) in [7, 11) is 0. The van der Waals surface area contributed by atoms with Crippen LogP contribution < -0.4 is 0 Å². The Morgan fingerprint density at radius 1 is 1.12 bits per heavy atom. The summed E-state index contributed by atoms with van der Waals surface area (Å²) in [6.45, 7) is 0. The maximum absolute atomic E-state index is 13.4. The van der Waals surface area contributed by atoms with E-state index in [9.17, 15) is 8.78 Å². The first-order chi connectivity index (χ1) is 8.11. The van der Waals surface area contributed by atoms with Crippen molar-refractivity contribution in [2.75, 3.05) is 0 Å². The number of rotatable bonds is 1. The second kappa shape index (κ2) is 4.52. The van der Waals surface area contributed by atoms with Crippen molar-refractivity contribution < 1.29 is 8.78 Å². The monoisotopic (exact) mass is 249 g/mol. The molecule has 0 spiro atoms. The highest BCUT2D eigenvalue weighted by molar-refractivity contribution is 6.30. The number of halogens is 3. The molecule has 0 N–H and O–H groups in total. The molecule has 0 bridgehead atoms. The molecule has 2 rings (SSSR count). The largest absolute Gasteiger partial charge is 0.207 e. The molecule has 0 atom stereocenters. The average molecular weight is 250 g/mol. The van der Waals surface area contributed by atoms with E-state index in [4.69, 9.17) is 16.9 Å². The van der Waals surface area contributed by atoms with Gasteiger partial charge in [-0.15, -0.1) is 0 Å². The summed E-state index contributed by atoms with van der Waals surface area (Å²) < 4.78 is 26.6. The molecular formula is C13H6ClF2N. The van der Waals surface area contributed by atoms with E-state index < -0.39 is 11.6 Å². The van der Waals surface area contributed by atoms with Gasteiger partial charge in [-0.1, -0.05) is 23.7 Å². The minimum absolute atomic E-state index is 0.117. The van der Waals surface area contributed by atoms with Gasteiger partial charge in [0.2, 0.25) is 0 Å². The number of nitrogens with zero attached hydrogens (tertiary/aromatic N) is 1. The van der Waals surface area contributed by atoms with Crippen LogP contribution in [0.5, 0.6) is 0 Å². The van der Waals surface area contributed by atoms with Gasteiger partial charge in [0.1, 0.15) is 17.7 Å². The second-order valence-electron chi connectivity index (χ2n) is 3.43. The predicted molar refractivity (Wildman–Crippen MR) is 61.5 cm³/mol. The van der Waals surface area contributed by atoms with Gasteiger partial charge < -0.3 is 0 Å². The third-order valence-electron chi connectivity index (χ3n) is 2.30. The van der Waals surface area contributed by atoms with Crippen molar-refractivity contribution >= 4 is 11.6 Å². The lowest BCUT2D eigenvalue weighted by Crippen LogP contribution is -1.90. The van der Waals surface area contributed by atoms with Crippen LogP contribution in [0.2, 0.25) is 5.02 Å². The van der Waals surface area contributed by atoms with Gasteiger partial charge in [-0.2, -0.15) is 5.26 Å². The molecule has 0 aliphatic carbocycles. The molecule has 0 saturated carbocycles. The minimum atomic E-state index is -0.634. The zero-order chi connectivity index (χ0) is 12.4. The molecule has 0 aromatic heterocycles. The molecule has 2 aromatic carbocycles. The normalized spacial score (nSPS) is 10.0. The van der Waals surface area contributed by atoms with Crippen molar-refractivity contribution in [3.05, 3.63) is 58.6 Å². The van der Waals surface area contributed by atoms with Crippen LogP contribution in [0, 0.1) is 23.0 Å². The van der Waals surface area contributed by atoms with Crippen LogP contribution in [0.3, 0.4) is 0 Å². The Morgan fingerprint density at radius 2 is 1.88 bits per heavy atom. The molecule has 0 unspecified atom stereocenters. The quantitative estimate of drug-likeness (QED) is 0.745. The molecule has 0 aliphatic heterocycles. The minimum Gasteiger partial charge on any atom is -0.207 e. The molecule has 0 radical (unpaired) electrons. The lowest BCUT2D eigenvalue weighted by Gasteiger charge is -2.05. The molecule has 84 valence electrons. The predicted octanol–water partition coefficient (Wildman–Crippen LogP) is 4.16. The van der Waals surface area contributed by atoms with Crippen LogP contribution in [-0.2, 0) is 0 Å². The molecule has 0 saturated heterocycles. The van der Waals surface area contributed by atoms with Crippen LogP contribution in [0.4, 0.5) is 8.78 Å². The first-order valence-electron chi connectivity index (χ1n) is 4.77. The maximum atomic E-state index is 13.4. The third kappa shape index (κ3) is 2.27. The lowest BCUT2D eigenvalue weighted by atomic mass is 10.00. The molecule has 2 aromatic rings. The van der Waals surface area contributed by atoms with Crippen molar-refractivity contribution in [2.45, 2.75) is 0 Å². The first-order valence-corrected chi connectivity index (χ1v) is 5.14. The smallest absolute Gasteiger partial charge is 0.141 e. The second-order valence-corrected chi connectivity index (χ2v) is 3.87. The molecule has 0 amide bonds. The summed E-state index contributed by atoms with van der Waals surface area (Å²) in [5.74, 6) is -1.16. The zero-order valence-electron chi connectivity index (χ0n) is 8.55. The Hall–Kier alpha value is -1.92. The molecule has 0 fully saturated rings. The van der Waals surface area contributed by atoms with Crippen molar-refractivity contribution in [1.29, 1.82) is 5.26 Å². The molecular weight excluding hydrogens is 244 g/mol. The number of nitriles is 1. The van der Waals surface area contributed by atoms with Crippen LogP contribution >= 0.6 is 11.6 Å². The SMILES string of the molecule is N#Cc1c(F)cccc1-c1cc(F)cc(Cl)c1. The van der Waals surface area contributed by atoms with Crippen molar-refractivity contribution in [1.82, 2.24) is 0 Å². The first kappa shape index (κ1) is 11.6. The molecule has 1 nitrogen and oxygen atoms in total. The fraction of sp³-hybridized carbons (Fsp3) is 0. The summed E-state index contributed by atoms with van der Waals surface area (Å²) in [4.78, 5) is 0. The summed E-state index contributed by atoms with van der Waals surface area (Å²) >= 11 is 5.72. The van der Waals surface area contributed by atoms with E-state index in [1.54, 1.807) is 12.1 Å². The van der Waals surface area contributed by atoms with Gasteiger partial charge in [-0.05, 0) is 29.8 Å². The van der Waals surface area contributed by atoms with Gasteiger partial charge in [-0.3, -0.25) is 0 Å². The highest BCUT2D eigenvalue weighted by atomic mass is 35.5. The van der Waals surface area contributed by atoms with Crippen LogP contribution in [0.15, 0.2) is 36.4 Å². The standard InChI is InChI=1S/C13H6ClF2N/c14-9-4-8(5-10(15)6-9)11-2-1-3-13(16)12(11)7-17/h1-6H. The summed E-state index contributed by atoms with van der Waals surface area (Å²) in [5, 5.41) is 9.08. The van der Waals surface area contributed by atoms with Gasteiger partial charge in [0.15, 0.2) is 0 Å². The van der Waals surface area contributed by atoms with Crippen LogP contribution in [0.1, 0.15) is 5.56 Å². The number of hydrogen-bond donors (Lipinski definition) is 0. The van der Waals surface area contributed by atoms with Gasteiger partial charge in [0, 0.05) is 10.6 Å². The molecule has 0 heterocycles. The molecule has 4 heteroatoms. The maximum Gasteiger partial charge on any atom is 0.141 e. The topological polar surface area (TPSA) is 23.8 Å². The Bertz CT molecular complexity index is 597. The van der Waals surface area contributed by atoms with E-state index in [1.165, 1.54) is 24.3 Å². The van der Waals surface area contributed by atoms with Gasteiger partial charge >= 0.3 is 0 Å². The summed E-state index contributed by atoms with van der Waals surface area (Å²) in [6, 6.07) is 9.80. The Balaban J connectivity index is 2.69. The molecule has 0 aliphatic rings. The van der Waals surface area contributed by atoms with Gasteiger partial charge in [-0.25, -0.2) is 8.78 Å². The van der Waals surface area contributed by atoms with E-state index in [0.29, 0.717) is 11.1 Å². The zero-order valence-corrected chi connectivity index (χ0v) is 9.30. The van der Waals surface area contributed by atoms with E-state index in [2.05, 4.69) is 0 Å². The van der Waals surface area contributed by atoms with Gasteiger partial charge in [0.25, 0.3) is 0 Å². The Kier molecular flexibility index (Phi) is 3.08. The van der Waals surface area contributed by atoms with E-state index in [0.717, 1.165) is 6.07 Å². The van der Waals surface area contributed by atoms with E-state index in [-0.39, 0.29) is 10.6 Å². The van der Waals surface area contributed by atoms with Crippen molar-refractivity contribution in [2.24, 2.45) is 0 Å². The fourth-order valence-electron chi connectivity index (χ4n) is 1.59. The fourth-order valence-corrected chi connectivity index (χ4v) is 1.81. The van der Waals surface area contributed by atoms with Crippen LogP contribution in [0.25, 0.3) is 11.1 Å². The average Bonchev–Trinajstić information content (AvgIpc) is 2.27. The number of benzene rings is 2. The Labute approximate surface area is 102 Å². The van der Waals surface area contributed by atoms with Crippen molar-refractivity contribution in [3.63, 3.8) is 0 Å². The lowest BCUT2D eigenvalue weighted by molar-refractivity contribution is 0.623. The summed E-state index contributed by atoms with van der Waals surface area (Å²) in [6.07, 6.45) is 0. The van der Waals surface area contributed by atoms with Crippen LogP contribution in [-0.4, -0.2) is 0 Å². The van der Waals surface area contributed by atoms with Gasteiger partial charge in [0.05, 0.1) is 5.56 Å². The molecule has 17 heavy (non-hydrogen) atoms. The Morgan fingerprint density at radius 3 is 2.53 bits per heavy atom.